The molecule has 3 rings (SSSR count). The van der Waals surface area contributed by atoms with E-state index in [2.05, 4.69) is 34.3 Å². The number of fused-ring (bicyclic) bond motifs is 1. The molecule has 0 radical (unpaired) electrons. The van der Waals surface area contributed by atoms with Gasteiger partial charge in [0.2, 0.25) is 0 Å². The summed E-state index contributed by atoms with van der Waals surface area (Å²) in [6.07, 6.45) is 4.78. The van der Waals surface area contributed by atoms with Crippen molar-refractivity contribution in [2.75, 3.05) is 5.32 Å². The lowest BCUT2D eigenvalue weighted by atomic mass is 10.2. The van der Waals surface area contributed by atoms with E-state index in [-0.39, 0.29) is 0 Å². The van der Waals surface area contributed by atoms with Crippen LogP contribution in [-0.2, 0) is 13.0 Å². The standard InChI is InChI=1S/C15H15N3S/c1-2-15-18-10-11(19-15)9-17-14-7-3-6-13-12(14)5-4-8-16-13/h3-8,10,17H,2,9H2,1H3. The van der Waals surface area contributed by atoms with Crippen molar-refractivity contribution in [3.63, 3.8) is 0 Å². The van der Waals surface area contributed by atoms with Crippen molar-refractivity contribution >= 4 is 27.9 Å². The number of thiazole rings is 1. The van der Waals surface area contributed by atoms with Crippen LogP contribution in [0.25, 0.3) is 10.9 Å². The molecule has 1 aromatic carbocycles. The molecular weight excluding hydrogens is 254 g/mol. The summed E-state index contributed by atoms with van der Waals surface area (Å²) in [5.41, 5.74) is 2.14. The van der Waals surface area contributed by atoms with Gasteiger partial charge in [-0.25, -0.2) is 4.98 Å². The number of anilines is 1. The van der Waals surface area contributed by atoms with Crippen LogP contribution in [0.3, 0.4) is 0 Å². The quantitative estimate of drug-likeness (QED) is 0.781. The maximum atomic E-state index is 4.38. The minimum absolute atomic E-state index is 0.811. The van der Waals surface area contributed by atoms with E-state index in [1.165, 1.54) is 9.88 Å². The number of benzene rings is 1. The van der Waals surface area contributed by atoms with Gasteiger partial charge in [-0.2, -0.15) is 0 Å². The van der Waals surface area contributed by atoms with E-state index in [9.17, 15) is 0 Å². The number of nitrogens with one attached hydrogen (secondary N) is 1. The molecule has 3 aromatic rings. The molecule has 4 heteroatoms. The van der Waals surface area contributed by atoms with Crippen LogP contribution in [-0.4, -0.2) is 9.97 Å². The summed E-state index contributed by atoms with van der Waals surface area (Å²) in [5.74, 6) is 0. The molecule has 3 nitrogen and oxygen atoms in total. The first-order valence-corrected chi connectivity index (χ1v) is 7.19. The first-order chi connectivity index (χ1) is 9.36. The Bertz CT molecular complexity index is 685. The summed E-state index contributed by atoms with van der Waals surface area (Å²) in [5, 5.41) is 5.82. The molecule has 0 saturated heterocycles. The van der Waals surface area contributed by atoms with Gasteiger partial charge in [0.1, 0.15) is 0 Å². The molecule has 0 saturated carbocycles. The topological polar surface area (TPSA) is 37.8 Å². The summed E-state index contributed by atoms with van der Waals surface area (Å²) < 4.78 is 0. The highest BCUT2D eigenvalue weighted by Gasteiger charge is 2.03. The van der Waals surface area contributed by atoms with Gasteiger partial charge in [-0.3, -0.25) is 4.98 Å². The Morgan fingerprint density at radius 1 is 1.16 bits per heavy atom. The zero-order valence-electron chi connectivity index (χ0n) is 10.8. The summed E-state index contributed by atoms with van der Waals surface area (Å²) in [7, 11) is 0. The SMILES string of the molecule is CCc1ncc(CNc2cccc3ncccc23)s1. The van der Waals surface area contributed by atoms with Crippen molar-refractivity contribution in [2.24, 2.45) is 0 Å². The normalized spacial score (nSPS) is 10.8. The van der Waals surface area contributed by atoms with E-state index in [0.717, 1.165) is 29.6 Å². The van der Waals surface area contributed by atoms with Crippen LogP contribution in [0.4, 0.5) is 5.69 Å². The van der Waals surface area contributed by atoms with Gasteiger partial charge in [0.05, 0.1) is 17.1 Å². The third-order valence-corrected chi connectivity index (χ3v) is 4.14. The second-order valence-electron chi connectivity index (χ2n) is 4.30. The second-order valence-corrected chi connectivity index (χ2v) is 5.50. The molecule has 0 amide bonds. The molecule has 19 heavy (non-hydrogen) atoms. The molecule has 2 aromatic heterocycles. The Kier molecular flexibility index (Phi) is 3.42. The van der Waals surface area contributed by atoms with Crippen molar-refractivity contribution < 1.29 is 0 Å². The highest BCUT2D eigenvalue weighted by atomic mass is 32.1. The highest BCUT2D eigenvalue weighted by molar-refractivity contribution is 7.11. The molecule has 0 atom stereocenters. The number of hydrogen-bond acceptors (Lipinski definition) is 4. The summed E-state index contributed by atoms with van der Waals surface area (Å²) in [6, 6.07) is 10.2. The van der Waals surface area contributed by atoms with Crippen molar-refractivity contribution in [3.8, 4) is 0 Å². The summed E-state index contributed by atoms with van der Waals surface area (Å²) >= 11 is 1.77. The lowest BCUT2D eigenvalue weighted by Gasteiger charge is -2.07. The number of hydrogen-bond donors (Lipinski definition) is 1. The highest BCUT2D eigenvalue weighted by Crippen LogP contribution is 2.22. The molecular formula is C15H15N3S. The number of aryl methyl sites for hydroxylation is 1. The van der Waals surface area contributed by atoms with Crippen LogP contribution < -0.4 is 5.32 Å². The third kappa shape index (κ3) is 2.58. The molecule has 0 unspecified atom stereocenters. The van der Waals surface area contributed by atoms with Crippen molar-refractivity contribution in [2.45, 2.75) is 19.9 Å². The zero-order valence-corrected chi connectivity index (χ0v) is 11.6. The van der Waals surface area contributed by atoms with Crippen LogP contribution in [0.5, 0.6) is 0 Å². The largest absolute Gasteiger partial charge is 0.380 e. The van der Waals surface area contributed by atoms with Crippen LogP contribution >= 0.6 is 11.3 Å². The predicted octanol–water partition coefficient (Wildman–Crippen LogP) is 3.87. The minimum Gasteiger partial charge on any atom is -0.380 e. The number of pyridine rings is 1. The first-order valence-electron chi connectivity index (χ1n) is 6.38. The average molecular weight is 269 g/mol. The van der Waals surface area contributed by atoms with Gasteiger partial charge in [-0.15, -0.1) is 11.3 Å². The Hall–Kier alpha value is -1.94. The lowest BCUT2D eigenvalue weighted by molar-refractivity contribution is 1.09. The van der Waals surface area contributed by atoms with E-state index >= 15 is 0 Å². The molecule has 0 aliphatic heterocycles. The van der Waals surface area contributed by atoms with Gasteiger partial charge in [-0.1, -0.05) is 13.0 Å². The molecule has 96 valence electrons. The van der Waals surface area contributed by atoms with Crippen molar-refractivity contribution in [1.29, 1.82) is 0 Å². The van der Waals surface area contributed by atoms with Crippen molar-refractivity contribution in [1.82, 2.24) is 9.97 Å². The molecule has 0 aliphatic carbocycles. The van der Waals surface area contributed by atoms with Crippen LogP contribution in [0.2, 0.25) is 0 Å². The second kappa shape index (κ2) is 5.36. The number of aromatic nitrogens is 2. The molecule has 2 heterocycles. The molecule has 1 N–H and O–H groups in total. The zero-order chi connectivity index (χ0) is 13.1. The van der Waals surface area contributed by atoms with Crippen LogP contribution in [0, 0.1) is 0 Å². The van der Waals surface area contributed by atoms with Gasteiger partial charge >= 0.3 is 0 Å². The maximum absolute atomic E-state index is 4.38. The van der Waals surface area contributed by atoms with E-state index in [0.29, 0.717) is 0 Å². The predicted molar refractivity (Wildman–Crippen MR) is 80.6 cm³/mol. The number of rotatable bonds is 4. The molecule has 0 bridgehead atoms. The fourth-order valence-corrected chi connectivity index (χ4v) is 2.84. The van der Waals surface area contributed by atoms with Gasteiger partial charge in [0.15, 0.2) is 0 Å². The fourth-order valence-electron chi connectivity index (χ4n) is 2.03. The third-order valence-electron chi connectivity index (χ3n) is 3.00. The Morgan fingerprint density at radius 2 is 2.11 bits per heavy atom. The van der Waals surface area contributed by atoms with Gasteiger partial charge in [0.25, 0.3) is 0 Å². The van der Waals surface area contributed by atoms with Gasteiger partial charge in [0, 0.05) is 28.3 Å². The summed E-state index contributed by atoms with van der Waals surface area (Å²) in [6.45, 7) is 2.94. The van der Waals surface area contributed by atoms with E-state index < -0.39 is 0 Å². The first kappa shape index (κ1) is 12.1. The van der Waals surface area contributed by atoms with Gasteiger partial charge in [-0.05, 0) is 30.7 Å². The summed E-state index contributed by atoms with van der Waals surface area (Å²) in [4.78, 5) is 10.0. The minimum atomic E-state index is 0.811. The molecule has 0 fully saturated rings. The van der Waals surface area contributed by atoms with Crippen LogP contribution in [0.15, 0.2) is 42.7 Å². The van der Waals surface area contributed by atoms with E-state index in [1.54, 1.807) is 11.3 Å². The van der Waals surface area contributed by atoms with Crippen LogP contribution in [0.1, 0.15) is 16.8 Å². The Balaban J connectivity index is 1.81. The average Bonchev–Trinajstić information content (AvgIpc) is 2.93. The van der Waals surface area contributed by atoms with E-state index in [4.69, 9.17) is 0 Å². The smallest absolute Gasteiger partial charge is 0.0925 e. The lowest BCUT2D eigenvalue weighted by Crippen LogP contribution is -1.98. The monoisotopic (exact) mass is 269 g/mol. The van der Waals surface area contributed by atoms with Crippen molar-refractivity contribution in [3.05, 3.63) is 52.6 Å². The Morgan fingerprint density at radius 3 is 2.95 bits per heavy atom. The fraction of sp³-hybridized carbons (Fsp3) is 0.200. The Labute approximate surface area is 116 Å². The molecule has 0 spiro atoms. The maximum Gasteiger partial charge on any atom is 0.0925 e. The molecule has 0 aliphatic rings. The number of nitrogens with zero attached hydrogens (tertiary/aromatic N) is 2. The van der Waals surface area contributed by atoms with Gasteiger partial charge < -0.3 is 5.32 Å². The van der Waals surface area contributed by atoms with E-state index in [1.807, 2.05) is 30.6 Å².